The van der Waals surface area contributed by atoms with Gasteiger partial charge in [0.05, 0.1) is 25.4 Å². The molecule has 2 aliphatic rings. The first kappa shape index (κ1) is 52.5. The third-order valence-electron chi connectivity index (χ3n) is 12.5. The molecule has 6 rings (SSSR count). The first-order valence-electron chi connectivity index (χ1n) is 23.0. The predicted molar refractivity (Wildman–Crippen MR) is 281 cm³/mol. The van der Waals surface area contributed by atoms with E-state index in [9.17, 15) is 9.59 Å². The first-order valence-corrected chi connectivity index (χ1v) is 29.3. The minimum Gasteiger partial charge on any atom is -0.465 e. The van der Waals surface area contributed by atoms with Crippen LogP contribution in [0.2, 0.25) is 10.1 Å². The number of rotatable bonds is 16. The van der Waals surface area contributed by atoms with Gasteiger partial charge in [0.15, 0.2) is 0 Å². The summed E-state index contributed by atoms with van der Waals surface area (Å²) in [7, 11) is -5.19. The first-order chi connectivity index (χ1) is 30.8. The Bertz CT molecular complexity index is 1710. The predicted octanol–water partition coefficient (Wildman–Crippen LogP) is 9.73. The number of carbonyl (C=O) groups is 2. The largest absolute Gasteiger partial charge is 0.465 e. The van der Waals surface area contributed by atoms with Crippen LogP contribution in [0, 0.1) is 0 Å². The summed E-state index contributed by atoms with van der Waals surface area (Å²) < 4.78 is 38.0. The van der Waals surface area contributed by atoms with E-state index in [2.05, 4.69) is 208 Å². The van der Waals surface area contributed by atoms with Crippen LogP contribution < -0.4 is 20.7 Å². The molecule has 0 unspecified atom stereocenters. The van der Waals surface area contributed by atoms with Gasteiger partial charge in [0.25, 0.3) is 29.6 Å². The quantitative estimate of drug-likeness (QED) is 0.0475. The highest BCUT2D eigenvalue weighted by molar-refractivity contribution is 14.1. The fraction of sp³-hybridized carbons (Fsp3) is 0.500. The van der Waals surface area contributed by atoms with Crippen molar-refractivity contribution >= 4 is 95.5 Å². The summed E-state index contributed by atoms with van der Waals surface area (Å²) >= 11 is 4.87. The van der Waals surface area contributed by atoms with E-state index in [0.717, 1.165) is 51.4 Å². The molecule has 12 heteroatoms. The molecule has 2 fully saturated rings. The molecule has 348 valence electrons. The molecule has 4 aromatic rings. The summed E-state index contributed by atoms with van der Waals surface area (Å²) in [6.07, 6.45) is 8.38. The summed E-state index contributed by atoms with van der Waals surface area (Å²) in [5, 5.41) is 4.97. The Morgan fingerprint density at radius 1 is 0.484 bits per heavy atom. The van der Waals surface area contributed by atoms with E-state index in [-0.39, 0.29) is 34.5 Å². The fourth-order valence-corrected chi connectivity index (χ4v) is 20.2. The van der Waals surface area contributed by atoms with Crippen LogP contribution in [0.15, 0.2) is 121 Å². The number of hydrogen-bond donors (Lipinski definition) is 0. The summed E-state index contributed by atoms with van der Waals surface area (Å²) in [6.45, 7) is 16.4. The van der Waals surface area contributed by atoms with Crippen LogP contribution in [-0.2, 0) is 37.4 Å². The van der Waals surface area contributed by atoms with E-state index in [1.807, 2.05) is 0 Å². The summed E-state index contributed by atoms with van der Waals surface area (Å²) in [4.78, 5) is 21.5. The Kier molecular flexibility index (Phi) is 21.0. The van der Waals surface area contributed by atoms with Gasteiger partial charge in [0, 0.05) is 7.85 Å². The number of hydrogen-bond acceptors (Lipinski definition) is 8. The zero-order chi connectivity index (χ0) is 46.1. The average Bonchev–Trinajstić information content (AvgIpc) is 3.28. The van der Waals surface area contributed by atoms with E-state index >= 15 is 0 Å². The minimum atomic E-state index is -2.60. The van der Waals surface area contributed by atoms with E-state index in [4.69, 9.17) is 27.8 Å². The second-order valence-corrected chi connectivity index (χ2v) is 30.8. The molecule has 2 heterocycles. The SMILES string of the molecule is CC(C)(C)[Si](OC[C@@H]1CCCC[C@@H](I)[C@H](COC=O)O1)(c1ccccc1)c1ccccc1.CC(C)(C)[Si](OC[C@@H]1CCCC[C@H](I)[C@H](COC=O)O1)(c1ccccc1)c1ccccc1. The lowest BCUT2D eigenvalue weighted by atomic mass is 10.0. The van der Waals surface area contributed by atoms with Gasteiger partial charge >= 0.3 is 0 Å². The van der Waals surface area contributed by atoms with Crippen LogP contribution in [-0.4, -0.2) is 88.3 Å². The van der Waals surface area contributed by atoms with E-state index in [1.54, 1.807) is 0 Å². The highest BCUT2D eigenvalue weighted by Gasteiger charge is 2.52. The lowest BCUT2D eigenvalue weighted by molar-refractivity contribution is -0.136. The van der Waals surface area contributed by atoms with Crippen LogP contribution in [0.1, 0.15) is 92.9 Å². The Hall–Kier alpha value is -2.45. The number of benzene rings is 4. The molecule has 0 N–H and O–H groups in total. The van der Waals surface area contributed by atoms with Gasteiger partial charge in [0.2, 0.25) is 0 Å². The Morgan fingerprint density at radius 3 is 1.03 bits per heavy atom. The Morgan fingerprint density at radius 2 is 0.766 bits per heavy atom. The molecule has 0 spiro atoms. The normalized spacial score (nSPS) is 22.6. The van der Waals surface area contributed by atoms with Gasteiger partial charge in [-0.2, -0.15) is 0 Å². The number of ether oxygens (including phenoxy) is 4. The van der Waals surface area contributed by atoms with Crippen LogP contribution in [0.4, 0.5) is 0 Å². The van der Waals surface area contributed by atoms with Crippen molar-refractivity contribution in [3.05, 3.63) is 121 Å². The lowest BCUT2D eigenvalue weighted by Gasteiger charge is -2.44. The minimum absolute atomic E-state index is 0.0190. The van der Waals surface area contributed by atoms with Crippen LogP contribution >= 0.6 is 45.2 Å². The van der Waals surface area contributed by atoms with E-state index in [0.29, 0.717) is 47.2 Å². The van der Waals surface area contributed by atoms with Gasteiger partial charge in [-0.25, -0.2) is 0 Å². The van der Waals surface area contributed by atoms with Gasteiger partial charge in [-0.1, -0.05) is 234 Å². The third kappa shape index (κ3) is 13.8. The summed E-state index contributed by atoms with van der Waals surface area (Å²) in [6, 6.07) is 42.8. The molecule has 0 aliphatic carbocycles. The van der Waals surface area contributed by atoms with Crippen LogP contribution in [0.3, 0.4) is 0 Å². The van der Waals surface area contributed by atoms with Crippen molar-refractivity contribution in [1.29, 1.82) is 0 Å². The van der Waals surface area contributed by atoms with Crippen molar-refractivity contribution in [3.8, 4) is 0 Å². The molecular formula is C52H70I2O8Si2. The standard InChI is InChI=1S/2C26H35IO4Si/c2*1-26(2,3)32(22-13-6-4-7-14-22,23-15-8-5-9-16-23)30-18-21-12-10-11-17-24(27)25(31-21)19-29-20-28/h2*4-9,13-16,20-21,24-25H,10-12,17-19H2,1-3H3/t21-,24+,25-;21-,24-,25-/m00/s1. The molecule has 8 nitrogen and oxygen atoms in total. The second kappa shape index (κ2) is 25.6. The van der Waals surface area contributed by atoms with Gasteiger partial charge in [0.1, 0.15) is 25.4 Å². The maximum atomic E-state index is 10.8. The molecule has 4 aromatic carbocycles. The maximum Gasteiger partial charge on any atom is 0.293 e. The van der Waals surface area contributed by atoms with Crippen molar-refractivity contribution in [2.75, 3.05) is 26.4 Å². The van der Waals surface area contributed by atoms with Crippen LogP contribution in [0.25, 0.3) is 0 Å². The van der Waals surface area contributed by atoms with Gasteiger partial charge in [-0.15, -0.1) is 0 Å². The third-order valence-corrected chi connectivity index (χ3v) is 25.4. The zero-order valence-corrected chi connectivity index (χ0v) is 45.0. The van der Waals surface area contributed by atoms with Crippen LogP contribution in [0.5, 0.6) is 0 Å². The molecule has 0 radical (unpaired) electrons. The van der Waals surface area contributed by atoms with Gasteiger partial charge in [-0.05, 0) is 56.5 Å². The molecule has 2 aliphatic heterocycles. The molecule has 0 saturated carbocycles. The molecule has 6 atom stereocenters. The summed E-state index contributed by atoms with van der Waals surface area (Å²) in [5.74, 6) is 0. The lowest BCUT2D eigenvalue weighted by Crippen LogP contribution is -2.67. The zero-order valence-electron chi connectivity index (χ0n) is 38.7. The van der Waals surface area contributed by atoms with Gasteiger partial charge in [-0.3, -0.25) is 9.59 Å². The van der Waals surface area contributed by atoms with Crippen molar-refractivity contribution in [2.45, 2.75) is 135 Å². The maximum absolute atomic E-state index is 10.8. The fourth-order valence-electron chi connectivity index (χ4n) is 9.36. The number of carbonyl (C=O) groups excluding carboxylic acids is 2. The van der Waals surface area contributed by atoms with Crippen molar-refractivity contribution < 1.29 is 37.4 Å². The molecule has 64 heavy (non-hydrogen) atoms. The van der Waals surface area contributed by atoms with Crippen molar-refractivity contribution in [3.63, 3.8) is 0 Å². The second-order valence-electron chi connectivity index (χ2n) is 19.0. The highest BCUT2D eigenvalue weighted by atomic mass is 127. The molecule has 0 amide bonds. The van der Waals surface area contributed by atoms with Crippen molar-refractivity contribution in [1.82, 2.24) is 0 Å². The van der Waals surface area contributed by atoms with E-state index in [1.165, 1.54) is 20.7 Å². The Labute approximate surface area is 412 Å². The van der Waals surface area contributed by atoms with E-state index < -0.39 is 16.6 Å². The molecule has 2 saturated heterocycles. The average molecular weight is 1130 g/mol. The van der Waals surface area contributed by atoms with Crippen molar-refractivity contribution in [2.24, 2.45) is 0 Å². The summed E-state index contributed by atoms with van der Waals surface area (Å²) in [5.41, 5.74) is 0. The molecule has 0 aromatic heterocycles. The topological polar surface area (TPSA) is 89.5 Å². The monoisotopic (exact) mass is 1130 g/mol. The number of alkyl halides is 2. The Balaban J connectivity index is 0.000000241. The molecule has 0 bridgehead atoms. The molecular weight excluding hydrogens is 1060 g/mol. The van der Waals surface area contributed by atoms with Gasteiger partial charge < -0.3 is 27.8 Å². The smallest absolute Gasteiger partial charge is 0.293 e. The number of halogens is 2. The highest BCUT2D eigenvalue weighted by Crippen LogP contribution is 2.39.